The molecule has 2 heterocycles. The first kappa shape index (κ1) is 12.2. The van der Waals surface area contributed by atoms with Gasteiger partial charge in [0.15, 0.2) is 0 Å². The highest BCUT2D eigenvalue weighted by atomic mass is 16.5. The fraction of sp³-hybridized carbons (Fsp3) is 0.615. The highest BCUT2D eigenvalue weighted by Gasteiger charge is 2.19. The SMILES string of the molecule is CCOC1CCN(c2cncc(NC)c2)CC1. The lowest BCUT2D eigenvalue weighted by Gasteiger charge is -2.33. The fourth-order valence-electron chi connectivity index (χ4n) is 2.25. The number of piperidine rings is 1. The molecule has 1 aromatic rings. The molecule has 1 N–H and O–H groups in total. The second-order valence-electron chi connectivity index (χ2n) is 4.32. The lowest BCUT2D eigenvalue weighted by molar-refractivity contribution is 0.0459. The van der Waals surface area contributed by atoms with Gasteiger partial charge in [0.2, 0.25) is 0 Å². The molecular formula is C13H21N3O. The van der Waals surface area contributed by atoms with Crippen molar-refractivity contribution in [2.45, 2.75) is 25.9 Å². The van der Waals surface area contributed by atoms with Crippen LogP contribution in [0.1, 0.15) is 19.8 Å². The molecule has 0 radical (unpaired) electrons. The molecule has 1 aliphatic heterocycles. The Morgan fingerprint density at radius 2 is 2.18 bits per heavy atom. The first-order valence-electron chi connectivity index (χ1n) is 6.33. The second-order valence-corrected chi connectivity index (χ2v) is 4.32. The van der Waals surface area contributed by atoms with Gasteiger partial charge in [0.25, 0.3) is 0 Å². The van der Waals surface area contributed by atoms with E-state index in [-0.39, 0.29) is 0 Å². The second kappa shape index (κ2) is 5.87. The Kier molecular flexibility index (Phi) is 4.20. The Hall–Kier alpha value is -1.29. The number of hydrogen-bond donors (Lipinski definition) is 1. The molecule has 4 nitrogen and oxygen atoms in total. The summed E-state index contributed by atoms with van der Waals surface area (Å²) in [5, 5.41) is 3.12. The van der Waals surface area contributed by atoms with Crippen LogP contribution < -0.4 is 10.2 Å². The van der Waals surface area contributed by atoms with E-state index in [1.165, 1.54) is 5.69 Å². The van der Waals surface area contributed by atoms with Crippen molar-refractivity contribution in [3.63, 3.8) is 0 Å². The first-order chi connectivity index (χ1) is 8.33. The summed E-state index contributed by atoms with van der Waals surface area (Å²) >= 11 is 0. The predicted molar refractivity (Wildman–Crippen MR) is 70.6 cm³/mol. The van der Waals surface area contributed by atoms with Gasteiger partial charge in [-0.05, 0) is 25.8 Å². The summed E-state index contributed by atoms with van der Waals surface area (Å²) in [4.78, 5) is 6.63. The standard InChI is InChI=1S/C13H21N3O/c1-3-17-13-4-6-16(7-5-13)12-8-11(14-2)9-15-10-12/h8-10,13-14H,3-7H2,1-2H3. The largest absolute Gasteiger partial charge is 0.387 e. The van der Waals surface area contributed by atoms with Gasteiger partial charge in [0.05, 0.1) is 29.9 Å². The van der Waals surface area contributed by atoms with Crippen LogP contribution >= 0.6 is 0 Å². The average molecular weight is 235 g/mol. The molecule has 0 bridgehead atoms. The van der Waals surface area contributed by atoms with Crippen molar-refractivity contribution in [3.05, 3.63) is 18.5 Å². The molecule has 0 aliphatic carbocycles. The van der Waals surface area contributed by atoms with Crippen molar-refractivity contribution in [3.8, 4) is 0 Å². The van der Waals surface area contributed by atoms with Gasteiger partial charge < -0.3 is 15.0 Å². The minimum Gasteiger partial charge on any atom is -0.387 e. The molecule has 0 spiro atoms. The van der Waals surface area contributed by atoms with Crippen LogP contribution in [0.3, 0.4) is 0 Å². The number of aromatic nitrogens is 1. The molecule has 2 rings (SSSR count). The van der Waals surface area contributed by atoms with Gasteiger partial charge in [0.1, 0.15) is 0 Å². The fourth-order valence-corrected chi connectivity index (χ4v) is 2.25. The van der Waals surface area contributed by atoms with E-state index in [1.54, 1.807) is 0 Å². The van der Waals surface area contributed by atoms with Gasteiger partial charge in [-0.15, -0.1) is 0 Å². The minimum atomic E-state index is 0.441. The monoisotopic (exact) mass is 235 g/mol. The quantitative estimate of drug-likeness (QED) is 0.867. The van der Waals surface area contributed by atoms with Crippen molar-refractivity contribution in [2.75, 3.05) is 37.0 Å². The van der Waals surface area contributed by atoms with E-state index < -0.39 is 0 Å². The highest BCUT2D eigenvalue weighted by Crippen LogP contribution is 2.22. The third kappa shape index (κ3) is 3.09. The maximum atomic E-state index is 5.66. The summed E-state index contributed by atoms with van der Waals surface area (Å²) in [6, 6.07) is 2.15. The predicted octanol–water partition coefficient (Wildman–Crippen LogP) is 2.13. The van der Waals surface area contributed by atoms with E-state index in [2.05, 4.69) is 28.2 Å². The number of nitrogens with one attached hydrogen (secondary N) is 1. The van der Waals surface area contributed by atoms with Crippen molar-refractivity contribution in [1.29, 1.82) is 0 Å². The van der Waals surface area contributed by atoms with Crippen LogP contribution in [0.4, 0.5) is 11.4 Å². The number of ether oxygens (including phenoxy) is 1. The van der Waals surface area contributed by atoms with Crippen molar-refractivity contribution in [2.24, 2.45) is 0 Å². The molecule has 1 aliphatic rings. The van der Waals surface area contributed by atoms with E-state index in [0.29, 0.717) is 6.10 Å². The number of hydrogen-bond acceptors (Lipinski definition) is 4. The van der Waals surface area contributed by atoms with Crippen LogP contribution in [0, 0.1) is 0 Å². The van der Waals surface area contributed by atoms with Crippen LogP contribution in [0.5, 0.6) is 0 Å². The molecule has 0 amide bonds. The molecule has 1 fully saturated rings. The van der Waals surface area contributed by atoms with Gasteiger partial charge >= 0.3 is 0 Å². The van der Waals surface area contributed by atoms with Gasteiger partial charge in [-0.25, -0.2) is 0 Å². The maximum Gasteiger partial charge on any atom is 0.0608 e. The number of anilines is 2. The summed E-state index contributed by atoms with van der Waals surface area (Å²) in [7, 11) is 1.92. The van der Waals surface area contributed by atoms with Gasteiger partial charge in [0, 0.05) is 26.7 Å². The van der Waals surface area contributed by atoms with Gasteiger partial charge in [-0.2, -0.15) is 0 Å². The zero-order valence-electron chi connectivity index (χ0n) is 10.6. The van der Waals surface area contributed by atoms with E-state index in [1.807, 2.05) is 19.4 Å². The smallest absolute Gasteiger partial charge is 0.0608 e. The van der Waals surface area contributed by atoms with Crippen LogP contribution in [-0.4, -0.2) is 37.8 Å². The van der Waals surface area contributed by atoms with E-state index in [9.17, 15) is 0 Å². The Morgan fingerprint density at radius 3 is 2.82 bits per heavy atom. The summed E-state index contributed by atoms with van der Waals surface area (Å²) < 4.78 is 5.66. The molecule has 0 atom stereocenters. The number of rotatable bonds is 4. The summed E-state index contributed by atoms with van der Waals surface area (Å²) in [5.74, 6) is 0. The number of nitrogens with zero attached hydrogens (tertiary/aromatic N) is 2. The Balaban J connectivity index is 1.95. The Labute approximate surface area is 103 Å². The third-order valence-corrected chi connectivity index (χ3v) is 3.22. The van der Waals surface area contributed by atoms with Crippen LogP contribution in [0.15, 0.2) is 18.5 Å². The molecule has 1 aromatic heterocycles. The van der Waals surface area contributed by atoms with Gasteiger partial charge in [-0.3, -0.25) is 4.98 Å². The zero-order chi connectivity index (χ0) is 12.1. The molecule has 0 unspecified atom stereocenters. The number of pyridine rings is 1. The van der Waals surface area contributed by atoms with Crippen molar-refractivity contribution >= 4 is 11.4 Å². The topological polar surface area (TPSA) is 37.4 Å². The normalized spacial score (nSPS) is 17.2. The molecular weight excluding hydrogens is 214 g/mol. The lowest BCUT2D eigenvalue weighted by atomic mass is 10.1. The molecule has 1 saturated heterocycles. The van der Waals surface area contributed by atoms with Crippen LogP contribution in [0.2, 0.25) is 0 Å². The maximum absolute atomic E-state index is 5.66. The molecule has 4 heteroatoms. The van der Waals surface area contributed by atoms with E-state index in [4.69, 9.17) is 4.74 Å². The van der Waals surface area contributed by atoms with Crippen LogP contribution in [-0.2, 0) is 4.74 Å². The zero-order valence-corrected chi connectivity index (χ0v) is 10.6. The summed E-state index contributed by atoms with van der Waals surface area (Å²) in [6.07, 6.45) is 6.43. The molecule has 94 valence electrons. The first-order valence-corrected chi connectivity index (χ1v) is 6.33. The third-order valence-electron chi connectivity index (χ3n) is 3.22. The van der Waals surface area contributed by atoms with E-state index in [0.717, 1.165) is 38.2 Å². The Morgan fingerprint density at radius 1 is 1.41 bits per heavy atom. The lowest BCUT2D eigenvalue weighted by Crippen LogP contribution is -2.37. The van der Waals surface area contributed by atoms with Crippen molar-refractivity contribution in [1.82, 2.24) is 4.98 Å². The van der Waals surface area contributed by atoms with Crippen molar-refractivity contribution < 1.29 is 4.74 Å². The van der Waals surface area contributed by atoms with E-state index >= 15 is 0 Å². The molecule has 17 heavy (non-hydrogen) atoms. The van der Waals surface area contributed by atoms with Gasteiger partial charge in [-0.1, -0.05) is 0 Å². The Bertz CT molecular complexity index is 348. The average Bonchev–Trinajstić information content (AvgIpc) is 2.40. The minimum absolute atomic E-state index is 0.441. The highest BCUT2D eigenvalue weighted by molar-refractivity contribution is 5.55. The molecule has 0 saturated carbocycles. The summed E-state index contributed by atoms with van der Waals surface area (Å²) in [5.41, 5.74) is 2.27. The summed E-state index contributed by atoms with van der Waals surface area (Å²) in [6.45, 7) is 4.99. The molecule has 0 aromatic carbocycles. The van der Waals surface area contributed by atoms with Crippen LogP contribution in [0.25, 0.3) is 0 Å².